The topological polar surface area (TPSA) is 85.4 Å². The van der Waals surface area contributed by atoms with Gasteiger partial charge in [0.2, 0.25) is 5.91 Å². The average molecular weight is 507 g/mol. The van der Waals surface area contributed by atoms with Gasteiger partial charge in [0.25, 0.3) is 5.91 Å². The maximum atomic E-state index is 13.7. The van der Waals surface area contributed by atoms with Gasteiger partial charge in [-0.1, -0.05) is 23.7 Å². The minimum Gasteiger partial charge on any atom is -0.497 e. The number of rotatable bonds is 6. The van der Waals surface area contributed by atoms with Crippen molar-refractivity contribution >= 4 is 40.8 Å². The third-order valence-corrected chi connectivity index (χ3v) is 6.54. The molecule has 36 heavy (non-hydrogen) atoms. The first-order valence-electron chi connectivity index (χ1n) is 11.4. The molecule has 0 unspecified atom stereocenters. The molecule has 2 fully saturated rings. The smallest absolute Gasteiger partial charge is 0.338 e. The molecule has 8 nitrogen and oxygen atoms in total. The van der Waals surface area contributed by atoms with Crippen LogP contribution in [0.2, 0.25) is 5.02 Å². The summed E-state index contributed by atoms with van der Waals surface area (Å²) in [5.41, 5.74) is 2.16. The zero-order chi connectivity index (χ0) is 25.4. The van der Waals surface area contributed by atoms with E-state index in [0.717, 1.165) is 10.5 Å². The maximum Gasteiger partial charge on any atom is 0.338 e. The highest BCUT2D eigenvalue weighted by Gasteiger charge is 2.60. The van der Waals surface area contributed by atoms with Gasteiger partial charge in [-0.3, -0.25) is 14.4 Å². The molecule has 184 valence electrons. The number of anilines is 2. The summed E-state index contributed by atoms with van der Waals surface area (Å²) in [6.07, 6.45) is -1.01. The van der Waals surface area contributed by atoms with Crippen LogP contribution in [-0.4, -0.2) is 37.6 Å². The van der Waals surface area contributed by atoms with Gasteiger partial charge in [-0.05, 0) is 73.2 Å². The average Bonchev–Trinajstić information content (AvgIpc) is 3.40. The molecule has 0 spiro atoms. The highest BCUT2D eigenvalue weighted by atomic mass is 35.5. The molecule has 0 aliphatic carbocycles. The zero-order valence-corrected chi connectivity index (χ0v) is 20.3. The molecular weight excluding hydrogens is 484 g/mol. The molecule has 2 amide bonds. The Hall–Kier alpha value is -3.88. The number of benzene rings is 3. The third-order valence-electron chi connectivity index (χ3n) is 6.29. The molecular formula is C27H23ClN2O6. The largest absolute Gasteiger partial charge is 0.497 e. The fraction of sp³-hybridized carbons (Fsp3) is 0.222. The van der Waals surface area contributed by atoms with Gasteiger partial charge in [-0.2, -0.15) is 0 Å². The van der Waals surface area contributed by atoms with E-state index in [1.165, 1.54) is 12.1 Å². The molecule has 0 saturated carbocycles. The number of hydrogen-bond acceptors (Lipinski definition) is 7. The molecule has 3 aromatic carbocycles. The van der Waals surface area contributed by atoms with Gasteiger partial charge in [-0.25, -0.2) is 14.8 Å². The summed E-state index contributed by atoms with van der Waals surface area (Å²) >= 11 is 6.07. The van der Waals surface area contributed by atoms with Crippen LogP contribution in [0.15, 0.2) is 72.8 Å². The van der Waals surface area contributed by atoms with Crippen LogP contribution in [-0.2, 0) is 19.2 Å². The number of amides is 2. The molecule has 0 radical (unpaired) electrons. The molecule has 0 N–H and O–H groups in total. The lowest BCUT2D eigenvalue weighted by Crippen LogP contribution is -2.37. The zero-order valence-electron chi connectivity index (χ0n) is 19.6. The Morgan fingerprint density at radius 3 is 2.17 bits per heavy atom. The van der Waals surface area contributed by atoms with E-state index in [-0.39, 0.29) is 12.5 Å². The molecule has 2 aliphatic rings. The minimum absolute atomic E-state index is 0.251. The quantitative estimate of drug-likeness (QED) is 0.357. The van der Waals surface area contributed by atoms with Gasteiger partial charge in [0.05, 0.1) is 36.7 Å². The van der Waals surface area contributed by atoms with Crippen LogP contribution in [0.1, 0.15) is 28.9 Å². The SMILES string of the molecule is CCOC(=O)c1ccc(N2C(=O)[C@H]3[C@H](ON(c4ccc(Cl)cc4)[C@H]3c3ccc(OC)cc3)C2=O)cc1. The van der Waals surface area contributed by atoms with Crippen LogP contribution in [0.4, 0.5) is 11.4 Å². The van der Waals surface area contributed by atoms with E-state index in [2.05, 4.69) is 0 Å². The fourth-order valence-electron chi connectivity index (χ4n) is 4.58. The minimum atomic E-state index is -1.01. The third kappa shape index (κ3) is 4.08. The Balaban J connectivity index is 1.50. The Kier molecular flexibility index (Phi) is 6.38. The van der Waals surface area contributed by atoms with E-state index in [1.54, 1.807) is 67.6 Å². The number of hydroxylamine groups is 1. The molecule has 0 bridgehead atoms. The number of carbonyl (C=O) groups excluding carboxylic acids is 3. The van der Waals surface area contributed by atoms with E-state index in [0.29, 0.717) is 27.7 Å². The van der Waals surface area contributed by atoms with Crippen molar-refractivity contribution in [3.63, 3.8) is 0 Å². The number of halogens is 1. The van der Waals surface area contributed by atoms with Gasteiger partial charge < -0.3 is 9.47 Å². The van der Waals surface area contributed by atoms with Gasteiger partial charge in [0.1, 0.15) is 11.7 Å². The summed E-state index contributed by atoms with van der Waals surface area (Å²) in [6.45, 7) is 1.97. The van der Waals surface area contributed by atoms with Crippen LogP contribution >= 0.6 is 11.6 Å². The number of esters is 1. The first-order valence-corrected chi connectivity index (χ1v) is 11.8. The van der Waals surface area contributed by atoms with Gasteiger partial charge in [-0.15, -0.1) is 0 Å². The van der Waals surface area contributed by atoms with Crippen molar-refractivity contribution < 1.29 is 28.7 Å². The van der Waals surface area contributed by atoms with Crippen molar-refractivity contribution in [1.29, 1.82) is 0 Å². The summed E-state index contributed by atoms with van der Waals surface area (Å²) in [5.74, 6) is -1.44. The summed E-state index contributed by atoms with van der Waals surface area (Å²) in [7, 11) is 1.58. The van der Waals surface area contributed by atoms with Crippen LogP contribution in [0.5, 0.6) is 5.75 Å². The molecule has 2 aliphatic heterocycles. The lowest BCUT2D eigenvalue weighted by Gasteiger charge is -2.29. The van der Waals surface area contributed by atoms with Gasteiger partial charge in [0.15, 0.2) is 6.10 Å². The molecule has 0 aromatic heterocycles. The van der Waals surface area contributed by atoms with Crippen molar-refractivity contribution in [2.24, 2.45) is 5.92 Å². The standard InChI is InChI=1S/C27H23ClN2O6/c1-3-35-27(33)17-4-10-19(11-5-17)29-25(31)22-23(16-6-14-21(34-2)15-7-16)30(36-24(22)26(29)32)20-12-8-18(28)9-13-20/h4-15,22-24H,3H2,1-2H3/t22-,23+,24+/m1/s1. The second-order valence-electron chi connectivity index (χ2n) is 8.35. The lowest BCUT2D eigenvalue weighted by atomic mass is 9.90. The summed E-state index contributed by atoms with van der Waals surface area (Å²) in [5, 5.41) is 2.16. The second-order valence-corrected chi connectivity index (χ2v) is 8.79. The van der Waals surface area contributed by atoms with E-state index >= 15 is 0 Å². The number of fused-ring (bicyclic) bond motifs is 1. The number of methoxy groups -OCH3 is 1. The van der Waals surface area contributed by atoms with Crippen molar-refractivity contribution in [1.82, 2.24) is 0 Å². The molecule has 3 aromatic rings. The van der Waals surface area contributed by atoms with Crippen molar-refractivity contribution in [3.05, 3.63) is 88.9 Å². The molecule has 5 rings (SSSR count). The summed E-state index contributed by atoms with van der Waals surface area (Å²) in [6, 6.07) is 19.9. The molecule has 9 heteroatoms. The van der Waals surface area contributed by atoms with Gasteiger partial charge >= 0.3 is 5.97 Å². The number of hydrogen-bond donors (Lipinski definition) is 0. The van der Waals surface area contributed by atoms with Crippen molar-refractivity contribution in [2.45, 2.75) is 19.1 Å². The monoisotopic (exact) mass is 506 g/mol. The first kappa shape index (κ1) is 23.8. The van der Waals surface area contributed by atoms with Crippen LogP contribution < -0.4 is 14.7 Å². The normalized spacial score (nSPS) is 21.0. The molecule has 3 atom stereocenters. The van der Waals surface area contributed by atoms with Crippen LogP contribution in [0.3, 0.4) is 0 Å². The fourth-order valence-corrected chi connectivity index (χ4v) is 4.71. The van der Waals surface area contributed by atoms with Crippen LogP contribution in [0.25, 0.3) is 0 Å². The number of ether oxygens (including phenoxy) is 2. The molecule has 2 heterocycles. The Bertz CT molecular complexity index is 1290. The van der Waals surface area contributed by atoms with Gasteiger partial charge in [0, 0.05) is 5.02 Å². The van der Waals surface area contributed by atoms with Crippen molar-refractivity contribution in [2.75, 3.05) is 23.7 Å². The Labute approximate surface area is 212 Å². The summed E-state index contributed by atoms with van der Waals surface area (Å²) in [4.78, 5) is 46.4. The second kappa shape index (κ2) is 9.64. The Morgan fingerprint density at radius 2 is 1.56 bits per heavy atom. The Morgan fingerprint density at radius 1 is 0.917 bits per heavy atom. The number of imide groups is 1. The number of nitrogens with zero attached hydrogens (tertiary/aromatic N) is 2. The van der Waals surface area contributed by atoms with E-state index in [1.807, 2.05) is 12.1 Å². The van der Waals surface area contributed by atoms with Crippen molar-refractivity contribution in [3.8, 4) is 5.75 Å². The maximum absolute atomic E-state index is 13.7. The lowest BCUT2D eigenvalue weighted by molar-refractivity contribution is -0.126. The first-order chi connectivity index (χ1) is 17.4. The summed E-state index contributed by atoms with van der Waals surface area (Å²) < 4.78 is 10.3. The van der Waals surface area contributed by atoms with E-state index in [9.17, 15) is 14.4 Å². The van der Waals surface area contributed by atoms with E-state index < -0.39 is 29.9 Å². The number of carbonyl (C=O) groups is 3. The highest BCUT2D eigenvalue weighted by Crippen LogP contribution is 2.47. The predicted octanol–water partition coefficient (Wildman–Crippen LogP) is 4.58. The molecule has 2 saturated heterocycles. The highest BCUT2D eigenvalue weighted by molar-refractivity contribution is 6.30. The van der Waals surface area contributed by atoms with Crippen LogP contribution in [0, 0.1) is 5.92 Å². The predicted molar refractivity (Wildman–Crippen MR) is 133 cm³/mol. The van der Waals surface area contributed by atoms with E-state index in [4.69, 9.17) is 25.9 Å².